The van der Waals surface area contributed by atoms with Gasteiger partial charge in [0.15, 0.2) is 0 Å². The number of aliphatic hydroxyl groups is 1. The first kappa shape index (κ1) is 9.69. The summed E-state index contributed by atoms with van der Waals surface area (Å²) in [6.45, 7) is 3.09. The van der Waals surface area contributed by atoms with Crippen LogP contribution in [0.1, 0.15) is 25.0 Å². The van der Waals surface area contributed by atoms with Crippen molar-refractivity contribution in [1.29, 1.82) is 5.26 Å². The predicted octanol–water partition coefficient (Wildman–Crippen LogP) is 1.92. The van der Waals surface area contributed by atoms with Crippen LogP contribution in [0.3, 0.4) is 0 Å². The fourth-order valence-electron chi connectivity index (χ4n) is 1.01. The molecule has 0 radical (unpaired) electrons. The first-order chi connectivity index (χ1) is 5.93. The highest BCUT2D eigenvalue weighted by molar-refractivity contribution is 5.35. The highest BCUT2D eigenvalue weighted by Crippen LogP contribution is 2.21. The summed E-state index contributed by atoms with van der Waals surface area (Å²) in [4.78, 5) is 0. The van der Waals surface area contributed by atoms with Crippen molar-refractivity contribution in [3.8, 4) is 6.07 Å². The summed E-state index contributed by atoms with van der Waals surface area (Å²) in [6, 6.07) is 5.66. The Hall–Kier alpha value is -1.40. The molecule has 0 fully saturated rings. The van der Waals surface area contributed by atoms with E-state index in [9.17, 15) is 9.50 Å². The van der Waals surface area contributed by atoms with E-state index in [1.165, 1.54) is 12.1 Å². The SMILES string of the molecule is CC(C)(O)c1cc(F)cc(C#N)c1. The van der Waals surface area contributed by atoms with Crippen LogP contribution in [-0.4, -0.2) is 5.11 Å². The molecule has 68 valence electrons. The third-order valence-corrected chi connectivity index (χ3v) is 1.73. The monoisotopic (exact) mass is 179 g/mol. The smallest absolute Gasteiger partial charge is 0.124 e. The largest absolute Gasteiger partial charge is 0.386 e. The number of rotatable bonds is 1. The molecule has 0 aliphatic rings. The van der Waals surface area contributed by atoms with Gasteiger partial charge in [0.1, 0.15) is 5.82 Å². The molecule has 0 aliphatic carbocycles. The summed E-state index contributed by atoms with van der Waals surface area (Å²) in [5, 5.41) is 18.1. The number of halogens is 1. The van der Waals surface area contributed by atoms with Crippen LogP contribution in [0.2, 0.25) is 0 Å². The topological polar surface area (TPSA) is 44.0 Å². The highest BCUT2D eigenvalue weighted by Gasteiger charge is 2.17. The van der Waals surface area contributed by atoms with Crippen molar-refractivity contribution in [1.82, 2.24) is 0 Å². The molecule has 0 bridgehead atoms. The van der Waals surface area contributed by atoms with Crippen molar-refractivity contribution in [2.75, 3.05) is 0 Å². The van der Waals surface area contributed by atoms with Gasteiger partial charge in [-0.15, -0.1) is 0 Å². The minimum atomic E-state index is -1.12. The molecule has 13 heavy (non-hydrogen) atoms. The molecule has 0 heterocycles. The Morgan fingerprint density at radius 3 is 2.46 bits per heavy atom. The Balaban J connectivity index is 3.26. The Bertz CT molecular complexity index is 360. The van der Waals surface area contributed by atoms with Gasteiger partial charge in [-0.1, -0.05) is 0 Å². The zero-order chi connectivity index (χ0) is 10.1. The lowest BCUT2D eigenvalue weighted by Crippen LogP contribution is -2.15. The third kappa shape index (κ3) is 2.27. The van der Waals surface area contributed by atoms with Crippen LogP contribution in [0.25, 0.3) is 0 Å². The molecule has 0 saturated carbocycles. The van der Waals surface area contributed by atoms with Crippen LogP contribution in [0, 0.1) is 17.1 Å². The lowest BCUT2D eigenvalue weighted by molar-refractivity contribution is 0.0782. The van der Waals surface area contributed by atoms with E-state index in [1.807, 2.05) is 6.07 Å². The molecule has 0 aliphatic heterocycles. The lowest BCUT2D eigenvalue weighted by atomic mass is 9.97. The average molecular weight is 179 g/mol. The molecule has 1 rings (SSSR count). The molecule has 1 aromatic rings. The first-order valence-electron chi connectivity index (χ1n) is 3.87. The van der Waals surface area contributed by atoms with Gasteiger partial charge in [-0.25, -0.2) is 4.39 Å². The second-order valence-corrected chi connectivity index (χ2v) is 3.40. The molecule has 2 nitrogen and oxygen atoms in total. The zero-order valence-electron chi connectivity index (χ0n) is 7.50. The molecule has 0 amide bonds. The van der Waals surface area contributed by atoms with Crippen LogP contribution in [0.4, 0.5) is 4.39 Å². The summed E-state index contributed by atoms with van der Waals surface area (Å²) in [5.74, 6) is -0.504. The van der Waals surface area contributed by atoms with Gasteiger partial charge in [-0.2, -0.15) is 5.26 Å². The maximum Gasteiger partial charge on any atom is 0.124 e. The number of hydrogen-bond donors (Lipinski definition) is 1. The van der Waals surface area contributed by atoms with Crippen molar-refractivity contribution in [2.24, 2.45) is 0 Å². The minimum absolute atomic E-state index is 0.220. The van der Waals surface area contributed by atoms with E-state index in [0.717, 1.165) is 6.07 Å². The molecule has 0 spiro atoms. The van der Waals surface area contributed by atoms with Crippen LogP contribution in [0.15, 0.2) is 18.2 Å². The fourth-order valence-corrected chi connectivity index (χ4v) is 1.01. The van der Waals surface area contributed by atoms with Crippen LogP contribution < -0.4 is 0 Å². The van der Waals surface area contributed by atoms with Crippen LogP contribution >= 0.6 is 0 Å². The number of hydrogen-bond acceptors (Lipinski definition) is 2. The van der Waals surface area contributed by atoms with E-state index < -0.39 is 11.4 Å². The van der Waals surface area contributed by atoms with E-state index in [2.05, 4.69) is 0 Å². The van der Waals surface area contributed by atoms with Crippen molar-refractivity contribution in [3.63, 3.8) is 0 Å². The molecule has 3 heteroatoms. The maximum atomic E-state index is 12.9. The highest BCUT2D eigenvalue weighted by atomic mass is 19.1. The van der Waals surface area contributed by atoms with Gasteiger partial charge in [0.05, 0.1) is 17.2 Å². The van der Waals surface area contributed by atoms with E-state index in [1.54, 1.807) is 13.8 Å². The standard InChI is InChI=1S/C10H10FNO/c1-10(2,13)8-3-7(6-12)4-9(11)5-8/h3-5,13H,1-2H3. The Morgan fingerprint density at radius 2 is 2.00 bits per heavy atom. The molecular weight excluding hydrogens is 169 g/mol. The van der Waals surface area contributed by atoms with Gasteiger partial charge in [-0.3, -0.25) is 0 Å². The van der Waals surface area contributed by atoms with Crippen molar-refractivity contribution in [3.05, 3.63) is 35.1 Å². The van der Waals surface area contributed by atoms with Gasteiger partial charge >= 0.3 is 0 Å². The van der Waals surface area contributed by atoms with E-state index in [4.69, 9.17) is 5.26 Å². The molecule has 1 aromatic carbocycles. The zero-order valence-corrected chi connectivity index (χ0v) is 7.50. The molecule has 0 saturated heterocycles. The third-order valence-electron chi connectivity index (χ3n) is 1.73. The summed E-state index contributed by atoms with van der Waals surface area (Å²) in [7, 11) is 0. The second-order valence-electron chi connectivity index (χ2n) is 3.40. The van der Waals surface area contributed by atoms with Gasteiger partial charge in [0.2, 0.25) is 0 Å². The van der Waals surface area contributed by atoms with E-state index in [0.29, 0.717) is 5.56 Å². The fraction of sp³-hybridized carbons (Fsp3) is 0.300. The maximum absolute atomic E-state index is 12.9. The average Bonchev–Trinajstić information content (AvgIpc) is 2.01. The lowest BCUT2D eigenvalue weighted by Gasteiger charge is -2.17. The quantitative estimate of drug-likeness (QED) is 0.715. The van der Waals surface area contributed by atoms with Crippen LogP contribution in [0.5, 0.6) is 0 Å². The molecule has 0 atom stereocenters. The summed E-state index contributed by atoms with van der Waals surface area (Å²) < 4.78 is 12.9. The normalized spacial score (nSPS) is 11.0. The van der Waals surface area contributed by atoms with Crippen molar-refractivity contribution < 1.29 is 9.50 Å². The van der Waals surface area contributed by atoms with Gasteiger partial charge in [-0.05, 0) is 37.6 Å². The molecule has 0 unspecified atom stereocenters. The van der Waals surface area contributed by atoms with Crippen molar-refractivity contribution in [2.45, 2.75) is 19.4 Å². The molecule has 0 aromatic heterocycles. The molecule has 1 N–H and O–H groups in total. The van der Waals surface area contributed by atoms with Gasteiger partial charge < -0.3 is 5.11 Å². The van der Waals surface area contributed by atoms with E-state index >= 15 is 0 Å². The number of nitriles is 1. The first-order valence-corrected chi connectivity index (χ1v) is 3.87. The minimum Gasteiger partial charge on any atom is -0.386 e. The van der Waals surface area contributed by atoms with Crippen molar-refractivity contribution >= 4 is 0 Å². The molecular formula is C10H10FNO. The summed E-state index contributed by atoms with van der Waals surface area (Å²) >= 11 is 0. The van der Waals surface area contributed by atoms with Crippen LogP contribution in [-0.2, 0) is 5.60 Å². The Morgan fingerprint density at radius 1 is 1.38 bits per heavy atom. The van der Waals surface area contributed by atoms with E-state index in [-0.39, 0.29) is 5.56 Å². The van der Waals surface area contributed by atoms with Gasteiger partial charge in [0.25, 0.3) is 0 Å². The second kappa shape index (κ2) is 3.15. The number of nitrogens with zero attached hydrogens (tertiary/aromatic N) is 1. The summed E-state index contributed by atoms with van der Waals surface area (Å²) in [6.07, 6.45) is 0. The summed E-state index contributed by atoms with van der Waals surface area (Å²) in [5.41, 5.74) is -0.491. The number of benzene rings is 1. The Labute approximate surface area is 76.2 Å². The van der Waals surface area contributed by atoms with Gasteiger partial charge in [0, 0.05) is 0 Å². The Kier molecular flexibility index (Phi) is 2.35. The predicted molar refractivity (Wildman–Crippen MR) is 46.4 cm³/mol.